The standard InChI is InChI=1S/C23H20FIN2O4S.C2H6/c1-5-7-15(20(6-2)30-3)18-12-27(32-25)22-16(18)9-14(11-26-22)13-8-17(23(29)31-4)21(28)19(24)10-13;1-2/h5-12,28H,1H2,2-4H3;1-2H3/b15-7-,20-6+;. The second kappa shape index (κ2) is 12.6. The van der Waals surface area contributed by atoms with Crippen LogP contribution in [0.3, 0.4) is 0 Å². The summed E-state index contributed by atoms with van der Waals surface area (Å²) in [5.41, 5.74) is 3.05. The van der Waals surface area contributed by atoms with Crippen LogP contribution in [-0.4, -0.2) is 34.3 Å². The molecule has 1 N–H and O–H groups in total. The number of fused-ring (bicyclic) bond motifs is 1. The van der Waals surface area contributed by atoms with Crippen LogP contribution in [0.5, 0.6) is 5.75 Å². The summed E-state index contributed by atoms with van der Waals surface area (Å²) in [5, 5.41) is 10.7. The molecule has 3 aromatic rings. The topological polar surface area (TPSA) is 73.6 Å². The molecule has 2 aromatic heterocycles. The van der Waals surface area contributed by atoms with Crippen LogP contribution in [0.25, 0.3) is 27.7 Å². The number of benzene rings is 1. The lowest BCUT2D eigenvalue weighted by Crippen LogP contribution is -2.03. The molecule has 0 aliphatic heterocycles. The Bertz CT molecular complexity index is 1270. The number of halogens is 2. The second-order valence-corrected chi connectivity index (χ2v) is 8.26. The molecule has 3 rings (SSSR count). The highest BCUT2D eigenvalue weighted by atomic mass is 127. The molecule has 0 bridgehead atoms. The smallest absolute Gasteiger partial charge is 0.341 e. The average molecular weight is 596 g/mol. The van der Waals surface area contributed by atoms with E-state index in [1.807, 2.05) is 49.2 Å². The summed E-state index contributed by atoms with van der Waals surface area (Å²) < 4.78 is 26.5. The van der Waals surface area contributed by atoms with Crippen molar-refractivity contribution in [1.82, 2.24) is 8.96 Å². The largest absolute Gasteiger partial charge is 0.504 e. The van der Waals surface area contributed by atoms with Crippen LogP contribution < -0.4 is 0 Å². The van der Waals surface area contributed by atoms with Crippen LogP contribution in [0.15, 0.2) is 61.2 Å². The molecule has 2 heterocycles. The van der Waals surface area contributed by atoms with Crippen molar-refractivity contribution in [3.05, 3.63) is 78.1 Å². The number of nitrogens with zero attached hydrogens (tertiary/aromatic N) is 2. The predicted octanol–water partition coefficient (Wildman–Crippen LogP) is 7.33. The van der Waals surface area contributed by atoms with Gasteiger partial charge in [0, 0.05) is 64.8 Å². The second-order valence-electron chi connectivity index (χ2n) is 6.55. The van der Waals surface area contributed by atoms with E-state index in [-0.39, 0.29) is 5.56 Å². The molecular weight excluding hydrogens is 570 g/mol. The molecule has 0 fully saturated rings. The van der Waals surface area contributed by atoms with E-state index >= 15 is 0 Å². The van der Waals surface area contributed by atoms with Gasteiger partial charge in [-0.3, -0.25) is 3.97 Å². The van der Waals surface area contributed by atoms with Gasteiger partial charge in [0.25, 0.3) is 0 Å². The molecule has 0 saturated heterocycles. The molecule has 0 saturated carbocycles. The summed E-state index contributed by atoms with van der Waals surface area (Å²) in [7, 11) is 4.21. The molecule has 0 spiro atoms. The summed E-state index contributed by atoms with van der Waals surface area (Å²) in [5.74, 6) is -1.85. The maximum atomic E-state index is 14.4. The van der Waals surface area contributed by atoms with Crippen LogP contribution in [0, 0.1) is 5.82 Å². The number of hydrogen-bond acceptors (Lipinski definition) is 6. The predicted molar refractivity (Wildman–Crippen MR) is 145 cm³/mol. The number of pyridine rings is 1. The van der Waals surface area contributed by atoms with Crippen molar-refractivity contribution in [2.45, 2.75) is 20.8 Å². The first-order valence-electron chi connectivity index (χ1n) is 10.3. The molecule has 0 atom stereocenters. The number of carbonyl (C=O) groups is 1. The SMILES string of the molecule is C=C/C=C(\C(=C/C)OC)c1cn(SI)c2ncc(-c3cc(F)c(O)c(C(=O)OC)c3)cc12.CC. The van der Waals surface area contributed by atoms with Gasteiger partial charge in [0.15, 0.2) is 17.2 Å². The third kappa shape index (κ3) is 5.47. The molecule has 0 aliphatic carbocycles. The number of esters is 1. The zero-order valence-electron chi connectivity index (χ0n) is 19.6. The van der Waals surface area contributed by atoms with Gasteiger partial charge in [-0.25, -0.2) is 14.2 Å². The normalized spacial score (nSPS) is 11.6. The van der Waals surface area contributed by atoms with Gasteiger partial charge in [-0.15, -0.1) is 0 Å². The summed E-state index contributed by atoms with van der Waals surface area (Å²) in [4.78, 5) is 16.5. The van der Waals surface area contributed by atoms with Gasteiger partial charge >= 0.3 is 5.97 Å². The Morgan fingerprint density at radius 2 is 1.91 bits per heavy atom. The van der Waals surface area contributed by atoms with Gasteiger partial charge < -0.3 is 14.6 Å². The third-order valence-corrected chi connectivity index (χ3v) is 6.51. The van der Waals surface area contributed by atoms with Crippen molar-refractivity contribution in [1.29, 1.82) is 0 Å². The Balaban J connectivity index is 0.00000199. The van der Waals surface area contributed by atoms with Crippen molar-refractivity contribution < 1.29 is 23.8 Å². The number of rotatable bonds is 7. The van der Waals surface area contributed by atoms with E-state index in [1.165, 1.54) is 22.3 Å². The number of allylic oxidation sites excluding steroid dienone is 4. The Hall–Kier alpha value is -2.79. The Morgan fingerprint density at radius 1 is 1.21 bits per heavy atom. The minimum absolute atomic E-state index is 0.258. The first kappa shape index (κ1) is 27.5. The van der Waals surface area contributed by atoms with Crippen LogP contribution in [0.1, 0.15) is 36.7 Å². The minimum atomic E-state index is -0.925. The number of ether oxygens (including phenoxy) is 2. The maximum Gasteiger partial charge on any atom is 0.341 e. The molecule has 0 amide bonds. The molecular formula is C25H26FIN2O4S. The van der Waals surface area contributed by atoms with Gasteiger partial charge in [-0.2, -0.15) is 0 Å². The van der Waals surface area contributed by atoms with Gasteiger partial charge in [0.2, 0.25) is 0 Å². The quantitative estimate of drug-likeness (QED) is 0.133. The van der Waals surface area contributed by atoms with E-state index in [0.717, 1.165) is 22.6 Å². The number of methoxy groups -OCH3 is 2. The molecule has 180 valence electrons. The van der Waals surface area contributed by atoms with Crippen molar-refractivity contribution >= 4 is 52.9 Å². The van der Waals surface area contributed by atoms with E-state index in [9.17, 15) is 14.3 Å². The molecule has 6 nitrogen and oxygen atoms in total. The lowest BCUT2D eigenvalue weighted by Gasteiger charge is -2.11. The third-order valence-electron chi connectivity index (χ3n) is 4.81. The molecule has 34 heavy (non-hydrogen) atoms. The van der Waals surface area contributed by atoms with E-state index in [2.05, 4.69) is 37.5 Å². The zero-order valence-corrected chi connectivity index (χ0v) is 22.5. The highest BCUT2D eigenvalue weighted by Gasteiger charge is 2.20. The monoisotopic (exact) mass is 596 g/mol. The number of aromatic hydroxyl groups is 1. The first-order valence-corrected chi connectivity index (χ1v) is 13.7. The number of aromatic nitrogens is 2. The number of phenolic OH excluding ortho intramolecular Hbond substituents is 1. The molecule has 0 unspecified atom stereocenters. The highest BCUT2D eigenvalue weighted by Crippen LogP contribution is 2.37. The minimum Gasteiger partial charge on any atom is -0.504 e. The van der Waals surface area contributed by atoms with E-state index in [4.69, 9.17) is 4.74 Å². The van der Waals surface area contributed by atoms with Gasteiger partial charge in [0.05, 0.1) is 14.2 Å². The molecule has 0 radical (unpaired) electrons. The summed E-state index contributed by atoms with van der Waals surface area (Å²) in [6.07, 6.45) is 8.90. The summed E-state index contributed by atoms with van der Waals surface area (Å²) in [6.45, 7) is 9.68. The van der Waals surface area contributed by atoms with Crippen molar-refractivity contribution in [2.24, 2.45) is 0 Å². The Labute approximate surface area is 214 Å². The number of hydrogen-bond donors (Lipinski definition) is 1. The van der Waals surface area contributed by atoms with Crippen LogP contribution in [0.2, 0.25) is 0 Å². The van der Waals surface area contributed by atoms with Crippen molar-refractivity contribution in [3.63, 3.8) is 0 Å². The number of carbonyl (C=O) groups excluding carboxylic acids is 1. The molecule has 9 heteroatoms. The van der Waals surface area contributed by atoms with E-state index in [0.29, 0.717) is 22.5 Å². The van der Waals surface area contributed by atoms with E-state index in [1.54, 1.807) is 19.4 Å². The Kier molecular flexibility index (Phi) is 10.2. The van der Waals surface area contributed by atoms with Gasteiger partial charge in [-0.05, 0) is 36.8 Å². The van der Waals surface area contributed by atoms with Crippen LogP contribution in [-0.2, 0) is 9.47 Å². The van der Waals surface area contributed by atoms with E-state index < -0.39 is 17.5 Å². The molecule has 0 aliphatic rings. The molecule has 1 aromatic carbocycles. The zero-order chi connectivity index (χ0) is 25.4. The maximum absolute atomic E-state index is 14.4. The average Bonchev–Trinajstić information content (AvgIpc) is 3.24. The van der Waals surface area contributed by atoms with Crippen molar-refractivity contribution in [3.8, 4) is 16.9 Å². The van der Waals surface area contributed by atoms with Gasteiger partial charge in [-0.1, -0.05) is 32.6 Å². The summed E-state index contributed by atoms with van der Waals surface area (Å²) in [6, 6.07) is 4.39. The Morgan fingerprint density at radius 3 is 2.47 bits per heavy atom. The lowest BCUT2D eigenvalue weighted by molar-refractivity contribution is 0.0596. The lowest BCUT2D eigenvalue weighted by atomic mass is 9.99. The first-order chi connectivity index (χ1) is 16.4. The summed E-state index contributed by atoms with van der Waals surface area (Å²) >= 11 is 2.16. The number of phenols is 1. The fraction of sp³-hybridized carbons (Fsp3) is 0.200. The van der Waals surface area contributed by atoms with Gasteiger partial charge in [0.1, 0.15) is 11.3 Å². The van der Waals surface area contributed by atoms with Crippen LogP contribution >= 0.6 is 30.3 Å². The van der Waals surface area contributed by atoms with Crippen molar-refractivity contribution in [2.75, 3.05) is 14.2 Å². The highest BCUT2D eigenvalue weighted by molar-refractivity contribution is 14.2. The fourth-order valence-electron chi connectivity index (χ4n) is 3.34. The van der Waals surface area contributed by atoms with Crippen LogP contribution in [0.4, 0.5) is 4.39 Å². The fourth-order valence-corrected chi connectivity index (χ4v) is 4.60.